The van der Waals surface area contributed by atoms with E-state index >= 15 is 0 Å². The van der Waals surface area contributed by atoms with E-state index in [9.17, 15) is 4.39 Å². The molecule has 0 aliphatic carbocycles. The van der Waals surface area contributed by atoms with E-state index in [1.807, 2.05) is 19.1 Å². The first-order chi connectivity index (χ1) is 10.0. The Balaban J connectivity index is 2.11. The summed E-state index contributed by atoms with van der Waals surface area (Å²) < 4.78 is 19.7. The fourth-order valence-electron chi connectivity index (χ4n) is 2.23. The topological polar surface area (TPSA) is 35.2 Å². The Morgan fingerprint density at radius 3 is 2.43 bits per heavy atom. The molecule has 0 fully saturated rings. The molecule has 2 atom stereocenters. The highest BCUT2D eigenvalue weighted by Gasteiger charge is 2.18. The van der Waals surface area contributed by atoms with Crippen molar-refractivity contribution in [2.45, 2.75) is 39.3 Å². The van der Waals surface area contributed by atoms with Gasteiger partial charge in [-0.1, -0.05) is 43.3 Å². The van der Waals surface area contributed by atoms with Gasteiger partial charge >= 0.3 is 0 Å². The van der Waals surface area contributed by atoms with Crippen LogP contribution in [0.1, 0.15) is 36.6 Å². The van der Waals surface area contributed by atoms with Crippen molar-refractivity contribution in [2.75, 3.05) is 0 Å². The van der Waals surface area contributed by atoms with Gasteiger partial charge < -0.3 is 10.5 Å². The molecule has 0 radical (unpaired) electrons. The molecular weight excluding hydrogens is 265 g/mol. The van der Waals surface area contributed by atoms with Crippen molar-refractivity contribution in [3.63, 3.8) is 0 Å². The number of hydrogen-bond donors (Lipinski definition) is 1. The van der Waals surface area contributed by atoms with Gasteiger partial charge in [-0.05, 0) is 43.0 Å². The van der Waals surface area contributed by atoms with Gasteiger partial charge in [-0.15, -0.1) is 0 Å². The summed E-state index contributed by atoms with van der Waals surface area (Å²) in [4.78, 5) is 0. The Morgan fingerprint density at radius 1 is 1.14 bits per heavy atom. The van der Waals surface area contributed by atoms with Crippen LogP contribution in [0.2, 0.25) is 0 Å². The minimum Gasteiger partial charge on any atom is -0.486 e. The van der Waals surface area contributed by atoms with Crippen LogP contribution < -0.4 is 10.5 Å². The largest absolute Gasteiger partial charge is 0.486 e. The summed E-state index contributed by atoms with van der Waals surface area (Å²) in [5.41, 5.74) is 9.05. The van der Waals surface area contributed by atoms with Gasteiger partial charge in [0.15, 0.2) is 11.6 Å². The lowest BCUT2D eigenvalue weighted by Gasteiger charge is -2.22. The van der Waals surface area contributed by atoms with Crippen LogP contribution in [0.25, 0.3) is 0 Å². The van der Waals surface area contributed by atoms with E-state index in [0.29, 0.717) is 5.56 Å². The van der Waals surface area contributed by atoms with E-state index in [2.05, 4.69) is 19.1 Å². The third-order valence-electron chi connectivity index (χ3n) is 3.75. The first-order valence-electron chi connectivity index (χ1n) is 7.29. The monoisotopic (exact) mass is 287 g/mol. The van der Waals surface area contributed by atoms with Crippen molar-refractivity contribution in [2.24, 2.45) is 5.73 Å². The van der Waals surface area contributed by atoms with Crippen LogP contribution in [0.15, 0.2) is 42.5 Å². The highest BCUT2D eigenvalue weighted by molar-refractivity contribution is 5.31. The molecular formula is C18H22FNO. The maximum absolute atomic E-state index is 14.0. The number of benzene rings is 2. The van der Waals surface area contributed by atoms with Gasteiger partial charge in [0.2, 0.25) is 0 Å². The summed E-state index contributed by atoms with van der Waals surface area (Å²) in [6.45, 7) is 5.69. The second-order valence-corrected chi connectivity index (χ2v) is 5.33. The molecule has 2 aromatic rings. The van der Waals surface area contributed by atoms with Crippen molar-refractivity contribution in [3.8, 4) is 5.75 Å². The molecule has 0 aliphatic rings. The van der Waals surface area contributed by atoms with Crippen LogP contribution in [0.3, 0.4) is 0 Å². The van der Waals surface area contributed by atoms with Crippen LogP contribution in [0.5, 0.6) is 5.75 Å². The Bertz CT molecular complexity index is 595. The van der Waals surface area contributed by atoms with Crippen LogP contribution in [0, 0.1) is 12.7 Å². The van der Waals surface area contributed by atoms with Gasteiger partial charge in [-0.25, -0.2) is 4.39 Å². The summed E-state index contributed by atoms with van der Waals surface area (Å²) in [7, 11) is 0. The van der Waals surface area contributed by atoms with E-state index in [1.54, 1.807) is 25.1 Å². The summed E-state index contributed by atoms with van der Waals surface area (Å²) in [6, 6.07) is 13.0. The predicted octanol–water partition coefficient (Wildman–Crippen LogP) is 4.16. The van der Waals surface area contributed by atoms with Crippen molar-refractivity contribution >= 4 is 0 Å². The molecule has 0 bridgehead atoms. The molecule has 3 heteroatoms. The highest BCUT2D eigenvalue weighted by Crippen LogP contribution is 2.24. The van der Waals surface area contributed by atoms with Crippen molar-refractivity contribution in [1.82, 2.24) is 0 Å². The maximum Gasteiger partial charge on any atom is 0.167 e. The van der Waals surface area contributed by atoms with E-state index in [4.69, 9.17) is 10.5 Å². The Labute approximate surface area is 125 Å². The predicted molar refractivity (Wildman–Crippen MR) is 84.0 cm³/mol. The number of aryl methyl sites for hydroxylation is 2. The molecule has 0 saturated heterocycles. The molecule has 0 amide bonds. The molecule has 0 aromatic heterocycles. The average molecular weight is 287 g/mol. The Hall–Kier alpha value is -1.87. The van der Waals surface area contributed by atoms with E-state index in [-0.39, 0.29) is 23.7 Å². The first-order valence-corrected chi connectivity index (χ1v) is 7.29. The van der Waals surface area contributed by atoms with E-state index in [1.165, 1.54) is 5.56 Å². The van der Waals surface area contributed by atoms with Gasteiger partial charge in [-0.3, -0.25) is 0 Å². The van der Waals surface area contributed by atoms with Crippen molar-refractivity contribution in [1.29, 1.82) is 0 Å². The number of nitrogens with two attached hydrogens (primary N) is 1. The normalized spacial score (nSPS) is 13.8. The lowest BCUT2D eigenvalue weighted by molar-refractivity contribution is 0.182. The quantitative estimate of drug-likeness (QED) is 0.896. The highest BCUT2D eigenvalue weighted by atomic mass is 19.1. The molecule has 21 heavy (non-hydrogen) atoms. The van der Waals surface area contributed by atoms with Crippen molar-refractivity contribution in [3.05, 3.63) is 65.0 Å². The second kappa shape index (κ2) is 6.72. The molecule has 2 rings (SSSR count). The lowest BCUT2D eigenvalue weighted by atomic mass is 10.0. The van der Waals surface area contributed by atoms with E-state index < -0.39 is 0 Å². The second-order valence-electron chi connectivity index (χ2n) is 5.33. The number of halogens is 1. The smallest absolute Gasteiger partial charge is 0.167 e. The minimum atomic E-state index is -0.321. The van der Waals surface area contributed by atoms with Crippen LogP contribution in [-0.2, 0) is 6.42 Å². The zero-order valence-corrected chi connectivity index (χ0v) is 12.8. The van der Waals surface area contributed by atoms with Gasteiger partial charge in [0.05, 0.1) is 6.04 Å². The number of rotatable bonds is 5. The molecule has 0 heterocycles. The lowest BCUT2D eigenvalue weighted by Crippen LogP contribution is -2.29. The first kappa shape index (κ1) is 15.5. The van der Waals surface area contributed by atoms with Crippen LogP contribution >= 0.6 is 0 Å². The minimum absolute atomic E-state index is 0.253. The van der Waals surface area contributed by atoms with Crippen LogP contribution in [0.4, 0.5) is 4.39 Å². The third-order valence-corrected chi connectivity index (χ3v) is 3.75. The Morgan fingerprint density at radius 2 is 1.81 bits per heavy atom. The Kier molecular flexibility index (Phi) is 4.97. The van der Waals surface area contributed by atoms with Gasteiger partial charge in [0.25, 0.3) is 0 Å². The van der Waals surface area contributed by atoms with E-state index in [0.717, 1.165) is 12.0 Å². The number of ether oxygens (including phenoxy) is 1. The zero-order chi connectivity index (χ0) is 15.4. The number of hydrogen-bond acceptors (Lipinski definition) is 2. The standard InChI is InChI=1S/C18H22FNO/c1-4-14-8-10-15(11-9-14)18(20)13(3)21-16-7-5-6-12(2)17(16)19/h5-11,13,18H,4,20H2,1-3H3. The average Bonchev–Trinajstić information content (AvgIpc) is 2.51. The summed E-state index contributed by atoms with van der Waals surface area (Å²) in [5.74, 6) is -0.0685. The fourth-order valence-corrected chi connectivity index (χ4v) is 2.23. The van der Waals surface area contributed by atoms with Crippen LogP contribution in [-0.4, -0.2) is 6.10 Å². The van der Waals surface area contributed by atoms with Gasteiger partial charge in [-0.2, -0.15) is 0 Å². The summed E-state index contributed by atoms with van der Waals surface area (Å²) in [5, 5.41) is 0. The molecule has 2 aromatic carbocycles. The maximum atomic E-state index is 14.0. The molecule has 0 spiro atoms. The molecule has 2 nitrogen and oxygen atoms in total. The molecule has 0 saturated carbocycles. The molecule has 0 aliphatic heterocycles. The SMILES string of the molecule is CCc1ccc(C(N)C(C)Oc2cccc(C)c2F)cc1. The van der Waals surface area contributed by atoms with Gasteiger partial charge in [0.1, 0.15) is 6.10 Å². The summed E-state index contributed by atoms with van der Waals surface area (Å²) in [6.07, 6.45) is 0.685. The van der Waals surface area contributed by atoms with Gasteiger partial charge in [0, 0.05) is 0 Å². The van der Waals surface area contributed by atoms with Crippen molar-refractivity contribution < 1.29 is 9.13 Å². The molecule has 112 valence electrons. The molecule has 2 N–H and O–H groups in total. The third kappa shape index (κ3) is 3.61. The summed E-state index contributed by atoms with van der Waals surface area (Å²) >= 11 is 0. The fraction of sp³-hybridized carbons (Fsp3) is 0.333. The zero-order valence-electron chi connectivity index (χ0n) is 12.8. The molecule has 2 unspecified atom stereocenters.